The van der Waals surface area contributed by atoms with Crippen LogP contribution in [0.25, 0.3) is 44.3 Å². The van der Waals surface area contributed by atoms with E-state index in [2.05, 4.69) is 137 Å². The van der Waals surface area contributed by atoms with Gasteiger partial charge in [-0.25, -0.2) is 19.9 Å². The van der Waals surface area contributed by atoms with Crippen LogP contribution in [0.5, 0.6) is 23.0 Å². The predicted octanol–water partition coefficient (Wildman–Crippen LogP) is 11.0. The third kappa shape index (κ3) is 20.2. The number of benzene rings is 4. The molecule has 0 saturated carbocycles. The number of likely N-dealkylation sites (tertiary alicyclic amines) is 2. The van der Waals surface area contributed by atoms with Crippen LogP contribution in [0.1, 0.15) is 60.3 Å². The number of para-hydroxylation sites is 2. The summed E-state index contributed by atoms with van der Waals surface area (Å²) >= 11 is 0. The maximum Gasteiger partial charge on any atom is 0.248 e. The number of nitrogens with one attached hydrogen (secondary N) is 5. The van der Waals surface area contributed by atoms with Gasteiger partial charge < -0.3 is 64.5 Å². The highest BCUT2D eigenvalue weighted by Crippen LogP contribution is 2.41. The number of aromatic nitrogens is 6. The summed E-state index contributed by atoms with van der Waals surface area (Å²) in [4.78, 5) is 59.3. The number of likely N-dealkylation sites (N-methyl/N-ethyl adjacent to an activating group) is 2. The molecule has 7 heterocycles. The van der Waals surface area contributed by atoms with Crippen LogP contribution in [0.15, 0.2) is 134 Å². The molecule has 3 fully saturated rings. The third-order valence-corrected chi connectivity index (χ3v) is 18.6. The van der Waals surface area contributed by atoms with Crippen molar-refractivity contribution in [1.82, 2.24) is 63.8 Å². The number of nitrogens with zero attached hydrogens (tertiary/aromatic N) is 12. The predicted molar refractivity (Wildman–Crippen MR) is 404 cm³/mol. The molecule has 4 aromatic carbocycles. The van der Waals surface area contributed by atoms with Crippen molar-refractivity contribution >= 4 is 68.3 Å². The Hall–Kier alpha value is -8.94. The zero-order chi connectivity index (χ0) is 70.9. The maximum absolute atomic E-state index is 13.3. The van der Waals surface area contributed by atoms with Crippen molar-refractivity contribution in [2.75, 3.05) is 155 Å². The summed E-state index contributed by atoms with van der Waals surface area (Å²) in [5, 5.41) is 18.6. The van der Waals surface area contributed by atoms with Gasteiger partial charge in [0.15, 0.2) is 0 Å². The number of fused-ring (bicyclic) bond motifs is 2. The second-order valence-electron chi connectivity index (χ2n) is 27.9. The van der Waals surface area contributed by atoms with Gasteiger partial charge >= 0.3 is 0 Å². The van der Waals surface area contributed by atoms with Crippen LogP contribution in [0.4, 0.5) is 34.6 Å². The van der Waals surface area contributed by atoms with Gasteiger partial charge in [-0.2, -0.15) is 0 Å². The Kier molecular flexibility index (Phi) is 25.7. The van der Waals surface area contributed by atoms with Crippen molar-refractivity contribution in [2.24, 2.45) is 14.1 Å². The molecular weight excluding hydrogens is 1260 g/mol. The summed E-state index contributed by atoms with van der Waals surface area (Å²) in [5.74, 6) is 2.46. The topological polar surface area (TPSA) is 212 Å². The number of anilines is 6. The van der Waals surface area contributed by atoms with Crippen LogP contribution in [-0.2, 0) is 23.7 Å². The van der Waals surface area contributed by atoms with E-state index in [-0.39, 0.29) is 17.4 Å². The van der Waals surface area contributed by atoms with Gasteiger partial charge in [-0.05, 0) is 137 Å². The number of carbonyl (C=O) groups excluding carboxylic acids is 2. The monoisotopic (exact) mass is 1360 g/mol. The number of carbonyl (C=O) groups is 2. The molecule has 534 valence electrons. The van der Waals surface area contributed by atoms with Crippen molar-refractivity contribution in [3.8, 4) is 45.5 Å². The number of hydrogen-bond donors (Lipinski definition) is 5. The van der Waals surface area contributed by atoms with E-state index in [4.69, 9.17) is 28.9 Å². The van der Waals surface area contributed by atoms with Gasteiger partial charge in [-0.1, -0.05) is 62.4 Å². The minimum absolute atomic E-state index is 0.223. The molecule has 4 aromatic heterocycles. The fourth-order valence-electron chi connectivity index (χ4n) is 13.2. The number of amides is 2. The SMILES string of the molecule is COc1cc(OCCN(C)C)c(NC(=O)/C=C/CN2CCC(N3CCN(C(C)(C)C)CC3)CC2)cc1Nc1nccc(-c2cn(C)c3ccccc23)n1.COc1cc(OCCN(C)C)c(NC(=O)/C=C/CN2CCC(NC(C)C)CC2)cc1Nc1nccc(-c2cn(C)c3ccccc23)n1. The summed E-state index contributed by atoms with van der Waals surface area (Å²) in [5.41, 5.74) is 8.36. The first-order valence-corrected chi connectivity index (χ1v) is 35.1. The van der Waals surface area contributed by atoms with Gasteiger partial charge in [0.1, 0.15) is 36.2 Å². The van der Waals surface area contributed by atoms with E-state index in [9.17, 15) is 9.59 Å². The zero-order valence-corrected chi connectivity index (χ0v) is 61.0. The highest BCUT2D eigenvalue weighted by molar-refractivity contribution is 6.02. The first-order chi connectivity index (χ1) is 48.2. The van der Waals surface area contributed by atoms with Gasteiger partial charge in [0.05, 0.1) is 48.4 Å². The molecule has 5 N–H and O–H groups in total. The Labute approximate surface area is 590 Å². The maximum atomic E-state index is 13.3. The molecule has 23 nitrogen and oxygen atoms in total. The first kappa shape index (κ1) is 73.8. The summed E-state index contributed by atoms with van der Waals surface area (Å²) < 4.78 is 28.0. The van der Waals surface area contributed by atoms with E-state index in [0.717, 1.165) is 123 Å². The quantitative estimate of drug-likeness (QED) is 0.0303. The van der Waals surface area contributed by atoms with Crippen LogP contribution in [0.3, 0.4) is 0 Å². The molecule has 100 heavy (non-hydrogen) atoms. The van der Waals surface area contributed by atoms with Gasteiger partial charge in [0.2, 0.25) is 23.7 Å². The van der Waals surface area contributed by atoms with Crippen LogP contribution in [0, 0.1) is 0 Å². The number of ether oxygens (including phenoxy) is 4. The average molecular weight is 1360 g/mol. The number of methoxy groups -OCH3 is 2. The normalized spacial score (nSPS) is 15.7. The van der Waals surface area contributed by atoms with Crippen molar-refractivity contribution in [1.29, 1.82) is 0 Å². The molecule has 2 amide bonds. The highest BCUT2D eigenvalue weighted by atomic mass is 16.5. The van der Waals surface area contributed by atoms with E-state index in [1.54, 1.807) is 57.0 Å². The molecule has 3 aliphatic heterocycles. The largest absolute Gasteiger partial charge is 0.494 e. The van der Waals surface area contributed by atoms with E-state index in [1.165, 1.54) is 12.8 Å². The van der Waals surface area contributed by atoms with E-state index >= 15 is 0 Å². The number of piperidine rings is 2. The number of hydrogen-bond acceptors (Lipinski definition) is 19. The molecule has 23 heteroatoms. The summed E-state index contributed by atoms with van der Waals surface area (Å²) in [6, 6.07) is 29.2. The first-order valence-electron chi connectivity index (χ1n) is 35.1. The molecule has 3 saturated heterocycles. The standard InChI is InChI=1S/C41H57N9O3.C36H48N8O3/c1-41(2,3)50-23-21-49(22-24-50)30-15-19-48(20-16-30)18-10-13-39(51)43-35-27-34(37(52-7)28-38(35)53-26-25-46(4)5)45-40-42-17-14-33(44-40)32-29-47(6)36-12-9-8-11-31(32)36;1-25(2)38-26-14-18-44(19-15-26)17-9-12-35(45)39-31-22-30(33(46-6)23-34(31)47-21-20-42(3)4)41-36-37-16-13-29(40-36)28-24-43(5)32-11-8-7-10-27(28)32/h8-14,17,27-30H,15-16,18-26H2,1-7H3,(H,43,51)(H,42,44,45);7-13,16,22-26,38H,14-15,17-21H2,1-6H3,(H,39,45)(H,37,40,41)/b13-10+;12-9+. The Morgan fingerprint density at radius 1 is 0.580 bits per heavy atom. The Morgan fingerprint density at radius 3 is 1.44 bits per heavy atom. The minimum atomic E-state index is -0.232. The molecule has 0 radical (unpaired) electrons. The lowest BCUT2D eigenvalue weighted by Gasteiger charge is -2.46. The van der Waals surface area contributed by atoms with Crippen molar-refractivity contribution < 1.29 is 28.5 Å². The molecule has 3 aliphatic rings. The van der Waals surface area contributed by atoms with Crippen molar-refractivity contribution in [3.05, 3.63) is 134 Å². The van der Waals surface area contributed by atoms with Crippen LogP contribution < -0.4 is 45.5 Å². The van der Waals surface area contributed by atoms with Gasteiger partial charge in [0, 0.05) is 172 Å². The molecule has 0 unspecified atom stereocenters. The molecule has 0 bridgehead atoms. The minimum Gasteiger partial charge on any atom is -0.494 e. The fourth-order valence-corrected chi connectivity index (χ4v) is 13.2. The lowest BCUT2D eigenvalue weighted by atomic mass is 10.0. The van der Waals surface area contributed by atoms with E-state index in [0.29, 0.717) is 102 Å². The van der Waals surface area contributed by atoms with Gasteiger partial charge in [0.25, 0.3) is 0 Å². The smallest absolute Gasteiger partial charge is 0.248 e. The number of piperazine rings is 1. The lowest BCUT2D eigenvalue weighted by Crippen LogP contribution is -2.57. The molecule has 11 rings (SSSR count). The third-order valence-electron chi connectivity index (χ3n) is 18.6. The Morgan fingerprint density at radius 2 is 1.02 bits per heavy atom. The second kappa shape index (κ2) is 34.9. The average Bonchev–Trinajstić information content (AvgIpc) is 1.62. The molecule has 0 spiro atoms. The number of rotatable bonds is 27. The van der Waals surface area contributed by atoms with Crippen molar-refractivity contribution in [3.63, 3.8) is 0 Å². The van der Waals surface area contributed by atoms with Crippen LogP contribution in [-0.4, -0.2) is 228 Å². The lowest BCUT2D eigenvalue weighted by molar-refractivity contribution is -0.112. The van der Waals surface area contributed by atoms with Gasteiger partial charge in [-0.15, -0.1) is 0 Å². The number of aryl methyl sites for hydroxylation is 2. The summed E-state index contributed by atoms with van der Waals surface area (Å²) in [6.07, 6.45) is 19.3. The van der Waals surface area contributed by atoms with Crippen molar-refractivity contribution in [2.45, 2.75) is 84.0 Å². The zero-order valence-electron chi connectivity index (χ0n) is 61.0. The second-order valence-corrected chi connectivity index (χ2v) is 27.9. The molecule has 0 aliphatic carbocycles. The Bertz CT molecular complexity index is 4060. The van der Waals surface area contributed by atoms with E-state index < -0.39 is 0 Å². The highest BCUT2D eigenvalue weighted by Gasteiger charge is 2.31. The fraction of sp³-hybridized carbons (Fsp3) is 0.455. The summed E-state index contributed by atoms with van der Waals surface area (Å²) in [6.45, 7) is 23.8. The van der Waals surface area contributed by atoms with Crippen LogP contribution >= 0.6 is 0 Å². The molecule has 8 aromatic rings. The summed E-state index contributed by atoms with van der Waals surface area (Å²) in [7, 11) is 15.2. The Balaban J connectivity index is 0.000000218. The van der Waals surface area contributed by atoms with E-state index in [1.807, 2.05) is 107 Å². The van der Waals surface area contributed by atoms with Crippen LogP contribution in [0.2, 0.25) is 0 Å². The molecular formula is C77H105N17O6. The molecule has 0 atom stereocenters. The van der Waals surface area contributed by atoms with Gasteiger partial charge in [-0.3, -0.25) is 29.2 Å².